The zero-order chi connectivity index (χ0) is 15.7. The number of benzene rings is 1. The van der Waals surface area contributed by atoms with Crippen molar-refractivity contribution in [1.82, 2.24) is 4.98 Å². The van der Waals surface area contributed by atoms with Crippen LogP contribution in [0.1, 0.15) is 16.7 Å². The third-order valence-corrected chi connectivity index (χ3v) is 3.75. The predicted molar refractivity (Wildman–Crippen MR) is 88.0 cm³/mol. The van der Waals surface area contributed by atoms with Crippen molar-refractivity contribution < 1.29 is 4.79 Å². The molecule has 2 aromatic rings. The first-order chi connectivity index (χ1) is 10.6. The molecular weight excluding hydrogens is 300 g/mol. The molecule has 1 aliphatic rings. The van der Waals surface area contributed by atoms with Gasteiger partial charge in [0.15, 0.2) is 5.82 Å². The fraction of sp³-hybridized carbons (Fsp3) is 0.188. The lowest BCUT2D eigenvalue weighted by atomic mass is 10.0. The fourth-order valence-electron chi connectivity index (χ4n) is 2.39. The molecule has 0 radical (unpaired) electrons. The van der Waals surface area contributed by atoms with Crippen LogP contribution in [-0.2, 0) is 11.2 Å². The Morgan fingerprint density at radius 3 is 3.00 bits per heavy atom. The molecule has 5 nitrogen and oxygen atoms in total. The number of carbonyl (C=O) groups is 1. The number of amides is 1. The molecule has 3 rings (SSSR count). The van der Waals surface area contributed by atoms with Gasteiger partial charge in [0.25, 0.3) is 0 Å². The van der Waals surface area contributed by atoms with Crippen molar-refractivity contribution in [2.24, 2.45) is 10.7 Å². The Kier molecular flexibility index (Phi) is 3.92. The molecule has 3 N–H and O–H groups in total. The monoisotopic (exact) mass is 314 g/mol. The summed E-state index contributed by atoms with van der Waals surface area (Å²) in [6.07, 6.45) is 2.47. The van der Waals surface area contributed by atoms with Gasteiger partial charge in [-0.25, -0.2) is 9.98 Å². The Morgan fingerprint density at radius 2 is 2.23 bits per heavy atom. The van der Waals surface area contributed by atoms with Gasteiger partial charge in [-0.1, -0.05) is 17.7 Å². The number of fused-ring (bicyclic) bond motifs is 1. The molecule has 0 spiro atoms. The van der Waals surface area contributed by atoms with Crippen molar-refractivity contribution in [3.05, 3.63) is 52.2 Å². The molecule has 22 heavy (non-hydrogen) atoms. The summed E-state index contributed by atoms with van der Waals surface area (Å²) >= 11 is 6.28. The maximum Gasteiger partial charge on any atom is 0.238 e. The molecular formula is C16H15ClN4O. The standard InChI is InChI=1S/C16H15ClN4O/c1-9-4-10-5-14(21-16(10)19-8-9)12-6-11(2-3-13(12)17)20-15(22)7-18/h2-4,6,8H,5,7,18H2,1H3,(H,20,22). The molecule has 112 valence electrons. The molecule has 6 heteroatoms. The minimum Gasteiger partial charge on any atom is -0.325 e. The minimum absolute atomic E-state index is 0.0620. The topological polar surface area (TPSA) is 80.4 Å². The molecule has 0 saturated carbocycles. The average Bonchev–Trinajstić information content (AvgIpc) is 2.91. The van der Waals surface area contributed by atoms with Crippen molar-refractivity contribution in [3.63, 3.8) is 0 Å². The number of rotatable bonds is 3. The van der Waals surface area contributed by atoms with Gasteiger partial charge in [0.1, 0.15) is 0 Å². The van der Waals surface area contributed by atoms with E-state index in [-0.39, 0.29) is 12.5 Å². The van der Waals surface area contributed by atoms with Crippen molar-refractivity contribution in [1.29, 1.82) is 0 Å². The highest BCUT2D eigenvalue weighted by molar-refractivity contribution is 6.34. The summed E-state index contributed by atoms with van der Waals surface area (Å²) in [5, 5.41) is 3.31. The van der Waals surface area contributed by atoms with E-state index in [4.69, 9.17) is 17.3 Å². The van der Waals surface area contributed by atoms with E-state index in [9.17, 15) is 4.79 Å². The van der Waals surface area contributed by atoms with Crippen molar-refractivity contribution in [2.75, 3.05) is 11.9 Å². The third kappa shape index (κ3) is 2.86. The van der Waals surface area contributed by atoms with E-state index in [0.717, 1.165) is 28.2 Å². The summed E-state index contributed by atoms with van der Waals surface area (Å²) in [6, 6.07) is 7.37. The number of hydrogen-bond donors (Lipinski definition) is 2. The normalized spacial score (nSPS) is 12.8. The molecule has 0 unspecified atom stereocenters. The second-order valence-electron chi connectivity index (χ2n) is 5.18. The van der Waals surface area contributed by atoms with Crippen LogP contribution in [0.25, 0.3) is 0 Å². The first kappa shape index (κ1) is 14.7. The average molecular weight is 315 g/mol. The lowest BCUT2D eigenvalue weighted by molar-refractivity contribution is -0.114. The molecule has 1 aromatic carbocycles. The number of nitrogens with two attached hydrogens (primary N) is 1. The minimum atomic E-state index is -0.248. The summed E-state index contributed by atoms with van der Waals surface area (Å²) in [5.41, 5.74) is 9.80. The van der Waals surface area contributed by atoms with E-state index < -0.39 is 0 Å². The fourth-order valence-corrected chi connectivity index (χ4v) is 2.62. The molecule has 0 saturated heterocycles. The largest absolute Gasteiger partial charge is 0.325 e. The van der Waals surface area contributed by atoms with Gasteiger partial charge in [-0.2, -0.15) is 0 Å². The zero-order valence-electron chi connectivity index (χ0n) is 12.1. The molecule has 1 aliphatic heterocycles. The van der Waals surface area contributed by atoms with E-state index in [1.54, 1.807) is 18.3 Å². The maximum absolute atomic E-state index is 11.4. The highest BCUT2D eigenvalue weighted by atomic mass is 35.5. The number of nitrogens with one attached hydrogen (secondary N) is 1. The Balaban J connectivity index is 1.93. The number of halogens is 1. The summed E-state index contributed by atoms with van der Waals surface area (Å²) in [6.45, 7) is 1.94. The van der Waals surface area contributed by atoms with E-state index in [2.05, 4.69) is 21.4 Å². The van der Waals surface area contributed by atoms with Crippen LogP contribution in [-0.4, -0.2) is 23.1 Å². The first-order valence-corrected chi connectivity index (χ1v) is 7.27. The number of anilines is 1. The quantitative estimate of drug-likeness (QED) is 0.913. The smallest absolute Gasteiger partial charge is 0.238 e. The number of aryl methyl sites for hydroxylation is 1. The number of carbonyl (C=O) groups excluding carboxylic acids is 1. The SMILES string of the molecule is Cc1cnc2c(c1)CC(c1cc(NC(=O)CN)ccc1Cl)=N2. The van der Waals surface area contributed by atoms with E-state index in [1.807, 2.05) is 13.0 Å². The maximum atomic E-state index is 11.4. The molecule has 1 amide bonds. The number of pyridine rings is 1. The van der Waals surface area contributed by atoms with Crippen molar-refractivity contribution in [3.8, 4) is 0 Å². The first-order valence-electron chi connectivity index (χ1n) is 6.90. The summed E-state index contributed by atoms with van der Waals surface area (Å²) in [4.78, 5) is 20.3. The van der Waals surface area contributed by atoms with Crippen LogP contribution in [0.3, 0.4) is 0 Å². The van der Waals surface area contributed by atoms with Crippen molar-refractivity contribution in [2.45, 2.75) is 13.3 Å². The van der Waals surface area contributed by atoms with Gasteiger partial charge < -0.3 is 11.1 Å². The Hall–Kier alpha value is -2.24. The summed E-state index contributed by atoms with van der Waals surface area (Å²) in [7, 11) is 0. The summed E-state index contributed by atoms with van der Waals surface area (Å²) < 4.78 is 0. The third-order valence-electron chi connectivity index (χ3n) is 3.42. The molecule has 0 bridgehead atoms. The second-order valence-corrected chi connectivity index (χ2v) is 5.58. The highest BCUT2D eigenvalue weighted by Gasteiger charge is 2.19. The lowest BCUT2D eigenvalue weighted by Crippen LogP contribution is -2.22. The second kappa shape index (κ2) is 5.87. The van der Waals surface area contributed by atoms with Crippen LogP contribution < -0.4 is 11.1 Å². The van der Waals surface area contributed by atoms with Gasteiger partial charge >= 0.3 is 0 Å². The predicted octanol–water partition coefficient (Wildman–Crippen LogP) is 2.62. The van der Waals surface area contributed by atoms with E-state index >= 15 is 0 Å². The van der Waals surface area contributed by atoms with Gasteiger partial charge in [-0.3, -0.25) is 4.79 Å². The number of aliphatic imine (C=N–C) groups is 1. The highest BCUT2D eigenvalue weighted by Crippen LogP contribution is 2.31. The van der Waals surface area contributed by atoms with Gasteiger partial charge in [-0.05, 0) is 30.7 Å². The van der Waals surface area contributed by atoms with Gasteiger partial charge in [0.2, 0.25) is 5.91 Å². The number of aromatic nitrogens is 1. The van der Waals surface area contributed by atoms with E-state index in [0.29, 0.717) is 17.1 Å². The lowest BCUT2D eigenvalue weighted by Gasteiger charge is -2.08. The van der Waals surface area contributed by atoms with E-state index in [1.165, 1.54) is 0 Å². The Labute approximate surface area is 133 Å². The van der Waals surface area contributed by atoms with Crippen LogP contribution in [0.2, 0.25) is 5.02 Å². The van der Waals surface area contributed by atoms with Gasteiger partial charge in [-0.15, -0.1) is 0 Å². The molecule has 0 aliphatic carbocycles. The zero-order valence-corrected chi connectivity index (χ0v) is 12.8. The van der Waals surface area contributed by atoms with Crippen LogP contribution in [0.15, 0.2) is 35.5 Å². The van der Waals surface area contributed by atoms with Crippen LogP contribution in [0, 0.1) is 6.92 Å². The summed E-state index contributed by atoms with van der Waals surface area (Å²) in [5.74, 6) is 0.482. The molecule has 0 fully saturated rings. The molecule has 0 atom stereocenters. The van der Waals surface area contributed by atoms with Gasteiger partial charge in [0.05, 0.1) is 12.3 Å². The molecule has 2 heterocycles. The van der Waals surface area contributed by atoms with Crippen molar-refractivity contribution >= 4 is 34.7 Å². The Bertz CT molecular complexity index is 786. The van der Waals surface area contributed by atoms with Crippen LogP contribution >= 0.6 is 11.6 Å². The number of hydrogen-bond acceptors (Lipinski definition) is 4. The van der Waals surface area contributed by atoms with Crippen LogP contribution in [0.4, 0.5) is 11.5 Å². The Morgan fingerprint density at radius 1 is 1.41 bits per heavy atom. The number of nitrogens with zero attached hydrogens (tertiary/aromatic N) is 2. The van der Waals surface area contributed by atoms with Gasteiger partial charge in [0, 0.05) is 34.5 Å². The van der Waals surface area contributed by atoms with Crippen LogP contribution in [0.5, 0.6) is 0 Å². The molecule has 1 aromatic heterocycles.